The van der Waals surface area contributed by atoms with Crippen molar-refractivity contribution in [1.82, 2.24) is 15.5 Å². The van der Waals surface area contributed by atoms with E-state index in [0.29, 0.717) is 12.1 Å². The molecule has 0 aliphatic carbocycles. The topological polar surface area (TPSA) is 108 Å². The number of unbranched alkanes of at least 4 members (excludes halogenated alkanes) is 2. The maximum atomic E-state index is 13.7. The van der Waals surface area contributed by atoms with Crippen molar-refractivity contribution in [2.24, 2.45) is 5.92 Å². The van der Waals surface area contributed by atoms with Crippen LogP contribution in [0.1, 0.15) is 72.4 Å². The molecule has 0 heterocycles. The van der Waals surface area contributed by atoms with Gasteiger partial charge in [0, 0.05) is 13.1 Å². The van der Waals surface area contributed by atoms with E-state index in [1.807, 2.05) is 0 Å². The van der Waals surface area contributed by atoms with Gasteiger partial charge in [0.05, 0.1) is 0 Å². The molecule has 1 aromatic rings. The molecule has 0 fully saturated rings. The van der Waals surface area contributed by atoms with E-state index in [2.05, 4.69) is 24.1 Å². The molecule has 1 aromatic carbocycles. The fourth-order valence-electron chi connectivity index (χ4n) is 3.44. The van der Waals surface area contributed by atoms with Crippen LogP contribution in [0.4, 0.5) is 4.79 Å². The molecule has 190 valence electrons. The molecule has 0 spiro atoms. The molecule has 0 radical (unpaired) electrons. The zero-order chi connectivity index (χ0) is 25.9. The van der Waals surface area contributed by atoms with Gasteiger partial charge in [-0.2, -0.15) is 0 Å². The van der Waals surface area contributed by atoms with E-state index >= 15 is 0 Å². The number of nitrogens with zero attached hydrogens (tertiary/aromatic N) is 1. The Morgan fingerprint density at radius 1 is 1.21 bits per heavy atom. The highest BCUT2D eigenvalue weighted by atomic mass is 16.6. The van der Waals surface area contributed by atoms with E-state index < -0.39 is 29.7 Å². The van der Waals surface area contributed by atoms with Crippen LogP contribution in [0.25, 0.3) is 0 Å². The Kier molecular flexibility index (Phi) is 11.6. The summed E-state index contributed by atoms with van der Waals surface area (Å²) in [6.45, 7) is 15.2. The first-order valence-corrected chi connectivity index (χ1v) is 11.9. The number of aromatic hydroxyl groups is 1. The van der Waals surface area contributed by atoms with Gasteiger partial charge in [-0.05, 0) is 50.8 Å². The van der Waals surface area contributed by atoms with Gasteiger partial charge in [-0.3, -0.25) is 9.59 Å². The highest BCUT2D eigenvalue weighted by molar-refractivity contribution is 5.92. The predicted octanol–water partition coefficient (Wildman–Crippen LogP) is 4.30. The second kappa shape index (κ2) is 13.6. The zero-order valence-electron chi connectivity index (χ0n) is 21.4. The highest BCUT2D eigenvalue weighted by Crippen LogP contribution is 2.26. The largest absolute Gasteiger partial charge is 0.508 e. The minimum atomic E-state index is -1.01. The molecule has 34 heavy (non-hydrogen) atoms. The third-order valence-electron chi connectivity index (χ3n) is 5.04. The quantitative estimate of drug-likeness (QED) is 0.308. The van der Waals surface area contributed by atoms with Gasteiger partial charge in [-0.15, -0.1) is 6.58 Å². The zero-order valence-corrected chi connectivity index (χ0v) is 21.4. The van der Waals surface area contributed by atoms with Gasteiger partial charge in [0.25, 0.3) is 0 Å². The van der Waals surface area contributed by atoms with Crippen LogP contribution in [0, 0.1) is 5.92 Å². The average molecular weight is 476 g/mol. The SMILES string of the molecule is C=CCN(C(=O)C(NC(=O)OC(C)(C)C)C(C)C)C(C(=O)NCCCCC)c1cccc(O)c1. The van der Waals surface area contributed by atoms with Crippen molar-refractivity contribution in [3.8, 4) is 5.75 Å². The Balaban J connectivity index is 3.32. The molecule has 3 N–H and O–H groups in total. The summed E-state index contributed by atoms with van der Waals surface area (Å²) in [6.07, 6.45) is 3.62. The number of benzene rings is 1. The third-order valence-corrected chi connectivity index (χ3v) is 5.04. The molecule has 2 atom stereocenters. The van der Waals surface area contributed by atoms with Gasteiger partial charge in [0.1, 0.15) is 23.4 Å². The monoisotopic (exact) mass is 475 g/mol. The van der Waals surface area contributed by atoms with Crippen LogP contribution < -0.4 is 10.6 Å². The van der Waals surface area contributed by atoms with Crippen LogP contribution in [0.3, 0.4) is 0 Å². The van der Waals surface area contributed by atoms with Crippen LogP contribution in [0.5, 0.6) is 5.75 Å². The molecule has 0 saturated heterocycles. The van der Waals surface area contributed by atoms with Gasteiger partial charge < -0.3 is 25.4 Å². The van der Waals surface area contributed by atoms with Crippen LogP contribution in [0.2, 0.25) is 0 Å². The van der Waals surface area contributed by atoms with Crippen molar-refractivity contribution < 1.29 is 24.2 Å². The Morgan fingerprint density at radius 2 is 1.88 bits per heavy atom. The first kappa shape index (κ1) is 29.0. The van der Waals surface area contributed by atoms with Crippen molar-refractivity contribution in [3.05, 3.63) is 42.5 Å². The summed E-state index contributed by atoms with van der Waals surface area (Å²) in [5.74, 6) is -1.10. The minimum Gasteiger partial charge on any atom is -0.508 e. The molecule has 8 heteroatoms. The summed E-state index contributed by atoms with van der Waals surface area (Å²) >= 11 is 0. The van der Waals surface area contributed by atoms with E-state index in [1.54, 1.807) is 46.8 Å². The first-order valence-electron chi connectivity index (χ1n) is 11.9. The number of phenolic OH excluding ortho intramolecular Hbond substituents is 1. The maximum absolute atomic E-state index is 13.7. The summed E-state index contributed by atoms with van der Waals surface area (Å²) in [6, 6.07) is 4.33. The van der Waals surface area contributed by atoms with Crippen LogP contribution >= 0.6 is 0 Å². The lowest BCUT2D eigenvalue weighted by molar-refractivity contribution is -0.142. The number of phenols is 1. The first-order chi connectivity index (χ1) is 15.9. The van der Waals surface area contributed by atoms with Crippen molar-refractivity contribution >= 4 is 17.9 Å². The standard InChI is InChI=1S/C26H41N3O5/c1-8-10-11-15-27-23(31)22(19-13-12-14-20(30)17-19)29(16-9-2)24(32)21(18(3)4)28-25(33)34-26(5,6)7/h9,12-14,17-18,21-22,30H,2,8,10-11,15-16H2,1,3-7H3,(H,27,31)(H,28,33). The number of amides is 3. The summed E-state index contributed by atoms with van der Waals surface area (Å²) in [5, 5.41) is 15.6. The third kappa shape index (κ3) is 9.45. The van der Waals surface area contributed by atoms with Gasteiger partial charge in [0.15, 0.2) is 0 Å². The van der Waals surface area contributed by atoms with E-state index in [9.17, 15) is 19.5 Å². The van der Waals surface area contributed by atoms with E-state index in [1.165, 1.54) is 23.1 Å². The highest BCUT2D eigenvalue weighted by Gasteiger charge is 2.37. The summed E-state index contributed by atoms with van der Waals surface area (Å²) in [4.78, 5) is 40.8. The van der Waals surface area contributed by atoms with Gasteiger partial charge >= 0.3 is 6.09 Å². The molecule has 0 saturated carbocycles. The second-order valence-corrected chi connectivity index (χ2v) is 9.64. The van der Waals surface area contributed by atoms with Crippen molar-refractivity contribution in [1.29, 1.82) is 0 Å². The summed E-state index contributed by atoms with van der Waals surface area (Å²) in [7, 11) is 0. The lowest BCUT2D eigenvalue weighted by Crippen LogP contribution is -2.55. The molecule has 0 aliphatic heterocycles. The summed E-state index contributed by atoms with van der Waals surface area (Å²) in [5.41, 5.74) is -0.263. The number of ether oxygens (including phenoxy) is 1. The molecule has 0 aliphatic rings. The summed E-state index contributed by atoms with van der Waals surface area (Å²) < 4.78 is 5.34. The Labute approximate surface area is 203 Å². The molecule has 3 amide bonds. The number of hydrogen-bond acceptors (Lipinski definition) is 5. The number of nitrogens with one attached hydrogen (secondary N) is 2. The Hall–Kier alpha value is -3.03. The molecule has 1 rings (SSSR count). The minimum absolute atomic E-state index is 0.0143. The van der Waals surface area contributed by atoms with Gasteiger partial charge in [-0.25, -0.2) is 4.79 Å². The smallest absolute Gasteiger partial charge is 0.408 e. The molecule has 0 aromatic heterocycles. The molecular formula is C26H41N3O5. The Morgan fingerprint density at radius 3 is 2.41 bits per heavy atom. The van der Waals surface area contributed by atoms with Crippen molar-refractivity contribution in [3.63, 3.8) is 0 Å². The Bertz CT molecular complexity index is 832. The number of carbonyl (C=O) groups is 3. The van der Waals surface area contributed by atoms with Crippen LogP contribution in [0.15, 0.2) is 36.9 Å². The number of carbonyl (C=O) groups excluding carboxylic acids is 3. The molecule has 8 nitrogen and oxygen atoms in total. The van der Waals surface area contributed by atoms with E-state index in [4.69, 9.17) is 4.74 Å². The van der Waals surface area contributed by atoms with Crippen LogP contribution in [-0.2, 0) is 14.3 Å². The lowest BCUT2D eigenvalue weighted by atomic mass is 9.98. The van der Waals surface area contributed by atoms with Gasteiger partial charge in [-0.1, -0.05) is 51.8 Å². The number of rotatable bonds is 12. The maximum Gasteiger partial charge on any atom is 0.408 e. The van der Waals surface area contributed by atoms with Gasteiger partial charge in [0.2, 0.25) is 11.8 Å². The van der Waals surface area contributed by atoms with Crippen molar-refractivity contribution in [2.75, 3.05) is 13.1 Å². The lowest BCUT2D eigenvalue weighted by Gasteiger charge is -2.35. The fraction of sp³-hybridized carbons (Fsp3) is 0.577. The number of hydrogen-bond donors (Lipinski definition) is 3. The molecular weight excluding hydrogens is 434 g/mol. The molecule has 0 bridgehead atoms. The van der Waals surface area contributed by atoms with E-state index in [0.717, 1.165) is 19.3 Å². The fourth-order valence-corrected chi connectivity index (χ4v) is 3.44. The van der Waals surface area contributed by atoms with Crippen LogP contribution in [-0.4, -0.2) is 52.6 Å². The number of alkyl carbamates (subject to hydrolysis) is 1. The molecule has 2 unspecified atom stereocenters. The average Bonchev–Trinajstić information content (AvgIpc) is 2.73. The second-order valence-electron chi connectivity index (χ2n) is 9.64. The van der Waals surface area contributed by atoms with E-state index in [-0.39, 0.29) is 24.1 Å². The van der Waals surface area contributed by atoms with Crippen molar-refractivity contribution in [2.45, 2.75) is 78.5 Å². The normalized spacial score (nSPS) is 13.0. The predicted molar refractivity (Wildman–Crippen MR) is 133 cm³/mol.